The number of carbonyl (C=O) groups excluding carboxylic acids is 1. The van der Waals surface area contributed by atoms with E-state index >= 15 is 0 Å². The molecule has 4 heteroatoms. The Morgan fingerprint density at radius 3 is 1.44 bits per heavy atom. The summed E-state index contributed by atoms with van der Waals surface area (Å²) in [7, 11) is 0. The molecule has 0 spiro atoms. The SMILES string of the molecule is CC(C)C=O.N.O=CO. The topological polar surface area (TPSA) is 89.4 Å². The Bertz CT molecular complexity index is 63.2. The first-order valence-electron chi connectivity index (χ1n) is 2.22. The van der Waals surface area contributed by atoms with Gasteiger partial charge in [0, 0.05) is 5.92 Å². The highest BCUT2D eigenvalue weighted by molar-refractivity contribution is 5.51. The Morgan fingerprint density at radius 1 is 1.33 bits per heavy atom. The summed E-state index contributed by atoms with van der Waals surface area (Å²) in [6.45, 7) is 3.46. The summed E-state index contributed by atoms with van der Waals surface area (Å²) in [6.07, 6.45) is 0.917. The lowest BCUT2D eigenvalue weighted by Crippen LogP contribution is -1.82. The predicted octanol–water partition coefficient (Wildman–Crippen LogP) is 0.704. The molecule has 0 amide bonds. The van der Waals surface area contributed by atoms with E-state index < -0.39 is 0 Å². The highest BCUT2D eigenvalue weighted by Crippen LogP contribution is 1.78. The first-order valence-corrected chi connectivity index (χ1v) is 2.22. The molecule has 0 aromatic heterocycles. The van der Waals surface area contributed by atoms with Crippen molar-refractivity contribution in [2.45, 2.75) is 13.8 Å². The molecule has 4 N–H and O–H groups in total. The monoisotopic (exact) mass is 135 g/mol. The van der Waals surface area contributed by atoms with Crippen LogP contribution in [0.3, 0.4) is 0 Å². The van der Waals surface area contributed by atoms with E-state index in [-0.39, 0.29) is 18.5 Å². The molecule has 9 heavy (non-hydrogen) atoms. The van der Waals surface area contributed by atoms with E-state index in [0.717, 1.165) is 6.29 Å². The van der Waals surface area contributed by atoms with Gasteiger partial charge in [0.25, 0.3) is 6.47 Å². The van der Waals surface area contributed by atoms with Crippen molar-refractivity contribution in [2.75, 3.05) is 0 Å². The van der Waals surface area contributed by atoms with Gasteiger partial charge in [0.1, 0.15) is 6.29 Å². The summed E-state index contributed by atoms with van der Waals surface area (Å²) in [5.74, 6) is 0.204. The zero-order valence-corrected chi connectivity index (χ0v) is 5.70. The van der Waals surface area contributed by atoms with Gasteiger partial charge in [-0.25, -0.2) is 0 Å². The van der Waals surface area contributed by atoms with Gasteiger partial charge in [0.2, 0.25) is 0 Å². The van der Waals surface area contributed by atoms with Crippen molar-refractivity contribution < 1.29 is 14.7 Å². The Hall–Kier alpha value is -0.900. The second kappa shape index (κ2) is 15.7. The van der Waals surface area contributed by atoms with Crippen LogP contribution in [0.2, 0.25) is 0 Å². The van der Waals surface area contributed by atoms with E-state index in [2.05, 4.69) is 0 Å². The summed E-state index contributed by atoms with van der Waals surface area (Å²) in [4.78, 5) is 17.9. The highest BCUT2D eigenvalue weighted by Gasteiger charge is 1.79. The van der Waals surface area contributed by atoms with Crippen LogP contribution in [0.25, 0.3) is 0 Å². The van der Waals surface area contributed by atoms with Crippen LogP contribution >= 0.6 is 0 Å². The van der Waals surface area contributed by atoms with Gasteiger partial charge in [0.05, 0.1) is 0 Å². The van der Waals surface area contributed by atoms with Crippen LogP contribution in [0.1, 0.15) is 13.8 Å². The molecule has 0 saturated carbocycles. The molecule has 0 bridgehead atoms. The van der Waals surface area contributed by atoms with Crippen LogP contribution in [-0.2, 0) is 9.59 Å². The summed E-state index contributed by atoms with van der Waals surface area (Å²) in [5, 5.41) is 6.89. The average molecular weight is 135 g/mol. The number of carboxylic acid groups (broad SMARTS) is 1. The lowest BCUT2D eigenvalue weighted by molar-refractivity contribution is -0.122. The van der Waals surface area contributed by atoms with Crippen molar-refractivity contribution in [3.63, 3.8) is 0 Å². The number of rotatable bonds is 1. The Labute approximate surface area is 54.5 Å². The molecule has 0 saturated heterocycles. The third kappa shape index (κ3) is 153. The number of carbonyl (C=O) groups is 2. The summed E-state index contributed by atoms with van der Waals surface area (Å²) < 4.78 is 0. The van der Waals surface area contributed by atoms with Crippen LogP contribution in [0.5, 0.6) is 0 Å². The standard InChI is InChI=1S/C4H8O.CH2O2.H3N/c1-4(2)3-5;2-1-3;/h3-4H,1-2H3;1H,(H,2,3);1H3. The molecule has 0 unspecified atom stereocenters. The first kappa shape index (κ1) is 15.7. The average Bonchev–Trinajstić information content (AvgIpc) is 1.69. The van der Waals surface area contributed by atoms with Gasteiger partial charge in [-0.2, -0.15) is 0 Å². The van der Waals surface area contributed by atoms with Crippen molar-refractivity contribution in [1.82, 2.24) is 6.15 Å². The zero-order valence-electron chi connectivity index (χ0n) is 5.70. The molecule has 4 nitrogen and oxygen atoms in total. The molecule has 0 aliphatic heterocycles. The van der Waals surface area contributed by atoms with Gasteiger partial charge in [-0.15, -0.1) is 0 Å². The molecular weight excluding hydrogens is 122 g/mol. The molecule has 0 aromatic rings. The second-order valence-corrected chi connectivity index (χ2v) is 1.49. The lowest BCUT2D eigenvalue weighted by Gasteiger charge is -1.78. The molecule has 0 atom stereocenters. The van der Waals surface area contributed by atoms with E-state index in [1.807, 2.05) is 13.8 Å². The van der Waals surface area contributed by atoms with Crippen LogP contribution in [0, 0.1) is 5.92 Å². The van der Waals surface area contributed by atoms with E-state index in [0.29, 0.717) is 0 Å². The molecule has 56 valence electrons. The molecule has 0 aliphatic rings. The van der Waals surface area contributed by atoms with Gasteiger partial charge < -0.3 is 16.1 Å². The van der Waals surface area contributed by atoms with Crippen molar-refractivity contribution in [1.29, 1.82) is 0 Å². The second-order valence-electron chi connectivity index (χ2n) is 1.49. The number of aldehydes is 1. The smallest absolute Gasteiger partial charge is 0.290 e. The minimum absolute atomic E-state index is 0. The van der Waals surface area contributed by atoms with Crippen molar-refractivity contribution >= 4 is 12.8 Å². The zero-order chi connectivity index (χ0) is 6.99. The molecular formula is C5H13NO3. The lowest BCUT2D eigenvalue weighted by atomic mass is 10.3. The van der Waals surface area contributed by atoms with E-state index in [1.165, 1.54) is 0 Å². The van der Waals surface area contributed by atoms with E-state index in [4.69, 9.17) is 9.90 Å². The molecule has 0 aromatic carbocycles. The predicted molar refractivity (Wildman–Crippen MR) is 34.6 cm³/mol. The third-order valence-electron chi connectivity index (χ3n) is 0.272. The van der Waals surface area contributed by atoms with Crippen LogP contribution in [-0.4, -0.2) is 17.9 Å². The first-order chi connectivity index (χ1) is 3.68. The third-order valence-corrected chi connectivity index (χ3v) is 0.272. The molecule has 0 rings (SSSR count). The van der Waals surface area contributed by atoms with E-state index in [9.17, 15) is 4.79 Å². The van der Waals surface area contributed by atoms with Crippen LogP contribution in [0.15, 0.2) is 0 Å². The van der Waals surface area contributed by atoms with Gasteiger partial charge in [-0.05, 0) is 0 Å². The fourth-order valence-corrected chi connectivity index (χ4v) is 0. The summed E-state index contributed by atoms with van der Waals surface area (Å²) >= 11 is 0. The quantitative estimate of drug-likeness (QED) is 0.518. The van der Waals surface area contributed by atoms with Gasteiger partial charge >= 0.3 is 0 Å². The van der Waals surface area contributed by atoms with Gasteiger partial charge in [0.15, 0.2) is 0 Å². The summed E-state index contributed by atoms with van der Waals surface area (Å²) in [6, 6.07) is 0. The van der Waals surface area contributed by atoms with Gasteiger partial charge in [-0.3, -0.25) is 4.79 Å². The Balaban J connectivity index is -0.0000000800. The van der Waals surface area contributed by atoms with Gasteiger partial charge in [-0.1, -0.05) is 13.8 Å². The molecule has 0 heterocycles. The van der Waals surface area contributed by atoms with E-state index in [1.54, 1.807) is 0 Å². The fourth-order valence-electron chi connectivity index (χ4n) is 0. The van der Waals surface area contributed by atoms with Crippen molar-refractivity contribution in [2.24, 2.45) is 5.92 Å². The Morgan fingerprint density at radius 2 is 1.44 bits per heavy atom. The Kier molecular flexibility index (Phi) is 27.4. The minimum Gasteiger partial charge on any atom is -0.483 e. The molecule has 0 radical (unpaired) electrons. The van der Waals surface area contributed by atoms with Crippen LogP contribution in [0.4, 0.5) is 0 Å². The van der Waals surface area contributed by atoms with Crippen molar-refractivity contribution in [3.05, 3.63) is 0 Å². The molecule has 0 aliphatic carbocycles. The number of hydrogen-bond acceptors (Lipinski definition) is 3. The summed E-state index contributed by atoms with van der Waals surface area (Å²) in [5.41, 5.74) is 0. The number of hydrogen-bond donors (Lipinski definition) is 2. The maximum Gasteiger partial charge on any atom is 0.290 e. The largest absolute Gasteiger partial charge is 0.483 e. The fraction of sp³-hybridized carbons (Fsp3) is 0.600. The van der Waals surface area contributed by atoms with Crippen LogP contribution < -0.4 is 6.15 Å². The maximum atomic E-state index is 9.50. The highest BCUT2D eigenvalue weighted by atomic mass is 16.3. The maximum absolute atomic E-state index is 9.50. The molecule has 0 fully saturated rings. The normalized spacial score (nSPS) is 6.11. The van der Waals surface area contributed by atoms with Crippen molar-refractivity contribution in [3.8, 4) is 0 Å². The minimum atomic E-state index is -0.250.